The zero-order chi connectivity index (χ0) is 13.0. The van der Waals surface area contributed by atoms with Gasteiger partial charge >= 0.3 is 0 Å². The average Bonchev–Trinajstić information content (AvgIpc) is 2.40. The molecule has 0 aromatic heterocycles. The molecule has 2 aromatic carbocycles. The Hall–Kier alpha value is -2.29. The number of hydrogen-bond donors (Lipinski definition) is 0. The highest BCUT2D eigenvalue weighted by atomic mass is 16.5. The van der Waals surface area contributed by atoms with Gasteiger partial charge in [-0.15, -0.1) is 0 Å². The summed E-state index contributed by atoms with van der Waals surface area (Å²) in [5.74, 6) is 1.87. The van der Waals surface area contributed by atoms with E-state index in [2.05, 4.69) is 0 Å². The molecule has 2 rings (SSSR count). The number of rotatable bonds is 4. The summed E-state index contributed by atoms with van der Waals surface area (Å²) in [5.41, 5.74) is 0.604. The van der Waals surface area contributed by atoms with Crippen LogP contribution < -0.4 is 9.47 Å². The maximum Gasteiger partial charge on any atom is 0.169 e. The Morgan fingerprint density at radius 2 is 1.72 bits per heavy atom. The van der Waals surface area contributed by atoms with Crippen molar-refractivity contribution in [2.45, 2.75) is 6.92 Å². The summed E-state index contributed by atoms with van der Waals surface area (Å²) in [6.45, 7) is 1.52. The zero-order valence-corrected chi connectivity index (χ0v) is 10.3. The van der Waals surface area contributed by atoms with Gasteiger partial charge in [-0.05, 0) is 37.3 Å². The van der Waals surface area contributed by atoms with Crippen LogP contribution in [0.4, 0.5) is 0 Å². The van der Waals surface area contributed by atoms with E-state index in [9.17, 15) is 4.79 Å². The lowest BCUT2D eigenvalue weighted by molar-refractivity contribution is 0.101. The number of hydrogen-bond acceptors (Lipinski definition) is 3. The van der Waals surface area contributed by atoms with Crippen LogP contribution in [-0.2, 0) is 0 Å². The van der Waals surface area contributed by atoms with Crippen LogP contribution in [0.25, 0.3) is 0 Å². The lowest BCUT2D eigenvalue weighted by Crippen LogP contribution is -1.95. The van der Waals surface area contributed by atoms with Gasteiger partial charge in [0.2, 0.25) is 0 Å². The molecule has 0 spiro atoms. The second-order valence-corrected chi connectivity index (χ2v) is 3.84. The summed E-state index contributed by atoms with van der Waals surface area (Å²) >= 11 is 0. The zero-order valence-electron chi connectivity index (χ0n) is 10.3. The Balaban J connectivity index is 2.31. The molecule has 0 saturated heterocycles. The van der Waals surface area contributed by atoms with Crippen LogP contribution in [-0.4, -0.2) is 12.9 Å². The van der Waals surface area contributed by atoms with E-state index in [1.165, 1.54) is 6.92 Å². The minimum Gasteiger partial charge on any atom is -0.493 e. The molecular weight excluding hydrogens is 228 g/mol. The fraction of sp³-hybridized carbons (Fsp3) is 0.133. The number of benzene rings is 2. The van der Waals surface area contributed by atoms with Crippen molar-refractivity contribution in [2.75, 3.05) is 7.11 Å². The van der Waals surface area contributed by atoms with Crippen LogP contribution in [0.5, 0.6) is 17.2 Å². The molecule has 0 N–H and O–H groups in total. The van der Waals surface area contributed by atoms with Gasteiger partial charge in [0.25, 0.3) is 0 Å². The van der Waals surface area contributed by atoms with E-state index < -0.39 is 0 Å². The molecule has 92 valence electrons. The molecule has 0 radical (unpaired) electrons. The molecule has 0 unspecified atom stereocenters. The molecule has 0 aliphatic heterocycles. The Morgan fingerprint density at radius 3 is 2.33 bits per heavy atom. The summed E-state index contributed by atoms with van der Waals surface area (Å²) < 4.78 is 10.9. The Morgan fingerprint density at radius 1 is 1.00 bits per heavy atom. The molecule has 0 aliphatic carbocycles. The second kappa shape index (κ2) is 5.36. The SMILES string of the molecule is COc1cc(C(C)=O)ccc1Oc1ccccc1. The molecule has 0 fully saturated rings. The summed E-state index contributed by atoms with van der Waals surface area (Å²) in [6, 6.07) is 14.6. The van der Waals surface area contributed by atoms with Gasteiger partial charge in [-0.25, -0.2) is 0 Å². The first-order valence-electron chi connectivity index (χ1n) is 5.62. The molecule has 18 heavy (non-hydrogen) atoms. The minimum absolute atomic E-state index is 0.000406. The predicted octanol–water partition coefficient (Wildman–Crippen LogP) is 3.69. The van der Waals surface area contributed by atoms with Gasteiger partial charge in [0.05, 0.1) is 7.11 Å². The molecule has 3 nitrogen and oxygen atoms in total. The van der Waals surface area contributed by atoms with E-state index in [-0.39, 0.29) is 5.78 Å². The lowest BCUT2D eigenvalue weighted by atomic mass is 10.1. The van der Waals surface area contributed by atoms with Crippen LogP contribution in [0.1, 0.15) is 17.3 Å². The summed E-state index contributed by atoms with van der Waals surface area (Å²) in [5, 5.41) is 0. The molecular formula is C15H14O3. The van der Waals surface area contributed by atoms with Gasteiger partial charge in [0, 0.05) is 5.56 Å². The van der Waals surface area contributed by atoms with Crippen LogP contribution in [0, 0.1) is 0 Å². The highest BCUT2D eigenvalue weighted by Crippen LogP contribution is 2.32. The molecule has 0 bridgehead atoms. The molecule has 2 aromatic rings. The number of carbonyl (C=O) groups is 1. The van der Waals surface area contributed by atoms with Gasteiger partial charge in [-0.2, -0.15) is 0 Å². The van der Waals surface area contributed by atoms with Crippen molar-refractivity contribution in [3.8, 4) is 17.2 Å². The Bertz CT molecular complexity index is 547. The first-order valence-corrected chi connectivity index (χ1v) is 5.62. The van der Waals surface area contributed by atoms with E-state index in [1.807, 2.05) is 30.3 Å². The topological polar surface area (TPSA) is 35.5 Å². The summed E-state index contributed by atoms with van der Waals surface area (Å²) in [7, 11) is 1.55. The second-order valence-electron chi connectivity index (χ2n) is 3.84. The quantitative estimate of drug-likeness (QED) is 0.767. The number of carbonyl (C=O) groups excluding carboxylic acids is 1. The van der Waals surface area contributed by atoms with Gasteiger partial charge in [0.1, 0.15) is 5.75 Å². The average molecular weight is 242 g/mol. The lowest BCUT2D eigenvalue weighted by Gasteiger charge is -2.11. The molecule has 0 atom stereocenters. The van der Waals surface area contributed by atoms with Gasteiger partial charge in [0.15, 0.2) is 17.3 Å². The van der Waals surface area contributed by atoms with Crippen molar-refractivity contribution in [3.63, 3.8) is 0 Å². The number of para-hydroxylation sites is 1. The highest BCUT2D eigenvalue weighted by Gasteiger charge is 2.08. The minimum atomic E-state index is -0.000406. The van der Waals surface area contributed by atoms with Crippen LogP contribution in [0.15, 0.2) is 48.5 Å². The number of ketones is 1. The number of methoxy groups -OCH3 is 1. The largest absolute Gasteiger partial charge is 0.493 e. The van der Waals surface area contributed by atoms with E-state index in [0.29, 0.717) is 17.1 Å². The van der Waals surface area contributed by atoms with Crippen molar-refractivity contribution < 1.29 is 14.3 Å². The standard InChI is InChI=1S/C15H14O3/c1-11(16)12-8-9-14(15(10-12)17-2)18-13-6-4-3-5-7-13/h3-10H,1-2H3. The van der Waals surface area contributed by atoms with E-state index in [1.54, 1.807) is 25.3 Å². The normalized spacial score (nSPS) is 9.89. The van der Waals surface area contributed by atoms with Crippen molar-refractivity contribution in [1.82, 2.24) is 0 Å². The van der Waals surface area contributed by atoms with Crippen molar-refractivity contribution in [2.24, 2.45) is 0 Å². The van der Waals surface area contributed by atoms with Crippen molar-refractivity contribution in [3.05, 3.63) is 54.1 Å². The van der Waals surface area contributed by atoms with E-state index >= 15 is 0 Å². The molecule has 0 heterocycles. The molecule has 0 amide bonds. The van der Waals surface area contributed by atoms with Crippen LogP contribution in [0.2, 0.25) is 0 Å². The molecule has 3 heteroatoms. The van der Waals surface area contributed by atoms with Crippen molar-refractivity contribution >= 4 is 5.78 Å². The number of Topliss-reactive ketones (excluding diaryl/α,β-unsaturated/α-hetero) is 1. The monoisotopic (exact) mass is 242 g/mol. The van der Waals surface area contributed by atoms with Crippen molar-refractivity contribution in [1.29, 1.82) is 0 Å². The predicted molar refractivity (Wildman–Crippen MR) is 69.5 cm³/mol. The van der Waals surface area contributed by atoms with Gasteiger partial charge in [-0.1, -0.05) is 18.2 Å². The third kappa shape index (κ3) is 2.69. The maximum atomic E-state index is 11.3. The van der Waals surface area contributed by atoms with Crippen LogP contribution in [0.3, 0.4) is 0 Å². The third-order valence-corrected chi connectivity index (χ3v) is 2.54. The van der Waals surface area contributed by atoms with E-state index in [4.69, 9.17) is 9.47 Å². The van der Waals surface area contributed by atoms with Gasteiger partial charge in [-0.3, -0.25) is 4.79 Å². The Labute approximate surface area is 106 Å². The van der Waals surface area contributed by atoms with Gasteiger partial charge < -0.3 is 9.47 Å². The fourth-order valence-electron chi connectivity index (χ4n) is 1.59. The molecule has 0 saturated carbocycles. The third-order valence-electron chi connectivity index (χ3n) is 2.54. The Kier molecular flexibility index (Phi) is 3.63. The fourth-order valence-corrected chi connectivity index (χ4v) is 1.59. The first-order chi connectivity index (χ1) is 8.70. The van der Waals surface area contributed by atoms with E-state index in [0.717, 1.165) is 5.75 Å². The smallest absolute Gasteiger partial charge is 0.169 e. The summed E-state index contributed by atoms with van der Waals surface area (Å²) in [4.78, 5) is 11.3. The first kappa shape index (κ1) is 12.2. The molecule has 0 aliphatic rings. The summed E-state index contributed by atoms with van der Waals surface area (Å²) in [6.07, 6.45) is 0. The highest BCUT2D eigenvalue weighted by molar-refractivity contribution is 5.94. The number of ether oxygens (including phenoxy) is 2. The van der Waals surface area contributed by atoms with Crippen LogP contribution >= 0.6 is 0 Å². The maximum absolute atomic E-state index is 11.3.